The van der Waals surface area contributed by atoms with E-state index in [9.17, 15) is 13.6 Å². The molecule has 0 spiro atoms. The van der Waals surface area contributed by atoms with Gasteiger partial charge in [0, 0.05) is 13.5 Å². The zero-order valence-electron chi connectivity index (χ0n) is 9.23. The molecule has 0 bridgehead atoms. The van der Waals surface area contributed by atoms with E-state index in [4.69, 9.17) is 16.3 Å². The maximum atomic E-state index is 12.6. The third-order valence-electron chi connectivity index (χ3n) is 1.37. The Morgan fingerprint density at radius 1 is 1.40 bits per heavy atom. The fraction of sp³-hybridized carbons (Fsp3) is 0.889. The third-order valence-corrected chi connectivity index (χ3v) is 1.91. The van der Waals surface area contributed by atoms with E-state index in [1.165, 1.54) is 0 Å². The van der Waals surface area contributed by atoms with Crippen molar-refractivity contribution in [1.29, 1.82) is 0 Å². The highest BCUT2D eigenvalue weighted by Crippen LogP contribution is 2.21. The molecule has 0 saturated heterocycles. The van der Waals surface area contributed by atoms with E-state index >= 15 is 0 Å². The van der Waals surface area contributed by atoms with Crippen LogP contribution in [0.1, 0.15) is 27.7 Å². The fourth-order valence-corrected chi connectivity index (χ4v) is 0.743. The van der Waals surface area contributed by atoms with Crippen LogP contribution >= 0.6 is 11.6 Å². The van der Waals surface area contributed by atoms with Gasteiger partial charge in [-0.1, -0.05) is 0 Å². The van der Waals surface area contributed by atoms with E-state index in [1.807, 2.05) is 0 Å². The van der Waals surface area contributed by atoms with Crippen LogP contribution in [0.2, 0.25) is 0 Å². The Labute approximate surface area is 93.1 Å². The number of amides is 1. The molecule has 1 atom stereocenters. The van der Waals surface area contributed by atoms with Crippen LogP contribution in [-0.2, 0) is 4.74 Å². The van der Waals surface area contributed by atoms with E-state index in [1.54, 1.807) is 20.8 Å². The number of alkyl carbamates (subject to hydrolysis) is 1. The average Bonchev–Trinajstić information content (AvgIpc) is 1.94. The summed E-state index contributed by atoms with van der Waals surface area (Å²) in [5, 5.41) is 0.733. The van der Waals surface area contributed by atoms with E-state index < -0.39 is 23.0 Å². The average molecular weight is 244 g/mol. The maximum Gasteiger partial charge on any atom is 0.407 e. The van der Waals surface area contributed by atoms with Gasteiger partial charge in [-0.3, -0.25) is 0 Å². The molecule has 15 heavy (non-hydrogen) atoms. The molecule has 0 aliphatic heterocycles. The van der Waals surface area contributed by atoms with Gasteiger partial charge >= 0.3 is 6.09 Å². The summed E-state index contributed by atoms with van der Waals surface area (Å²) in [4.78, 5) is 11.1. The van der Waals surface area contributed by atoms with Crippen LogP contribution in [0.25, 0.3) is 0 Å². The Hall–Kier alpha value is -0.580. The minimum absolute atomic E-state index is 0.333. The van der Waals surface area contributed by atoms with Gasteiger partial charge < -0.3 is 10.1 Å². The highest BCUT2D eigenvalue weighted by Gasteiger charge is 2.32. The first-order chi connectivity index (χ1) is 6.52. The Morgan fingerprint density at radius 3 is 2.20 bits per heavy atom. The summed E-state index contributed by atoms with van der Waals surface area (Å²) in [5.74, 6) is -3.03. The molecule has 0 aromatic rings. The highest BCUT2D eigenvalue weighted by atomic mass is 35.5. The SMILES string of the molecule is CC(C)(C)OC(=O)NCC(Cl)C(C)(F)F. The molecule has 0 fully saturated rings. The third kappa shape index (κ3) is 7.36. The Balaban J connectivity index is 3.92. The molecule has 0 radical (unpaired) electrons. The van der Waals surface area contributed by atoms with Gasteiger partial charge in [0.15, 0.2) is 0 Å². The lowest BCUT2D eigenvalue weighted by molar-refractivity contribution is 0.0155. The zero-order chi connectivity index (χ0) is 12.3. The smallest absolute Gasteiger partial charge is 0.407 e. The molecule has 0 aromatic heterocycles. The first kappa shape index (κ1) is 14.4. The molecule has 1 N–H and O–H groups in total. The normalized spacial score (nSPS) is 14.6. The summed E-state index contributed by atoms with van der Waals surface area (Å²) in [7, 11) is 0. The molecule has 0 aliphatic carbocycles. The summed E-state index contributed by atoms with van der Waals surface area (Å²) >= 11 is 5.35. The topological polar surface area (TPSA) is 38.3 Å². The molecule has 0 rings (SSSR count). The van der Waals surface area contributed by atoms with Crippen LogP contribution in [-0.4, -0.2) is 29.5 Å². The molecular formula is C9H16ClF2NO2. The molecule has 1 unspecified atom stereocenters. The Bertz CT molecular complexity index is 223. The van der Waals surface area contributed by atoms with Crippen molar-refractivity contribution in [1.82, 2.24) is 5.32 Å². The molecule has 0 aliphatic rings. The van der Waals surface area contributed by atoms with Crippen LogP contribution in [0.5, 0.6) is 0 Å². The lowest BCUT2D eigenvalue weighted by atomic mass is 10.2. The molecule has 0 saturated carbocycles. The molecule has 0 aromatic carbocycles. The first-order valence-electron chi connectivity index (χ1n) is 4.51. The lowest BCUT2D eigenvalue weighted by Crippen LogP contribution is -2.40. The van der Waals surface area contributed by atoms with E-state index in [0.717, 1.165) is 0 Å². The predicted molar refractivity (Wildman–Crippen MR) is 54.5 cm³/mol. The second-order valence-electron chi connectivity index (χ2n) is 4.31. The number of carbonyl (C=O) groups excluding carboxylic acids is 1. The second kappa shape index (κ2) is 4.96. The van der Waals surface area contributed by atoms with Crippen molar-refractivity contribution in [3.63, 3.8) is 0 Å². The predicted octanol–water partition coefficient (Wildman–Crippen LogP) is 2.77. The van der Waals surface area contributed by atoms with Crippen LogP contribution in [0.4, 0.5) is 13.6 Å². The van der Waals surface area contributed by atoms with Crippen molar-refractivity contribution in [3.05, 3.63) is 0 Å². The fourth-order valence-electron chi connectivity index (χ4n) is 0.666. The van der Waals surface area contributed by atoms with Crippen LogP contribution < -0.4 is 5.32 Å². The van der Waals surface area contributed by atoms with Gasteiger partial charge in [0.1, 0.15) is 11.0 Å². The molecule has 0 heterocycles. The van der Waals surface area contributed by atoms with Crippen LogP contribution in [0, 0.1) is 0 Å². The van der Waals surface area contributed by atoms with Gasteiger partial charge in [0.25, 0.3) is 5.92 Å². The minimum Gasteiger partial charge on any atom is -0.444 e. The van der Waals surface area contributed by atoms with Gasteiger partial charge in [0.2, 0.25) is 0 Å². The van der Waals surface area contributed by atoms with E-state index in [2.05, 4.69) is 5.32 Å². The Kier molecular flexibility index (Phi) is 4.77. The largest absolute Gasteiger partial charge is 0.444 e. The summed E-state index contributed by atoms with van der Waals surface area (Å²) in [5.41, 5.74) is -0.652. The van der Waals surface area contributed by atoms with Crippen molar-refractivity contribution in [3.8, 4) is 0 Å². The summed E-state index contributed by atoms with van der Waals surface area (Å²) < 4.78 is 30.0. The summed E-state index contributed by atoms with van der Waals surface area (Å²) in [6, 6.07) is 0. The number of nitrogens with one attached hydrogen (secondary N) is 1. The number of alkyl halides is 3. The number of hydrogen-bond acceptors (Lipinski definition) is 2. The van der Waals surface area contributed by atoms with Crippen molar-refractivity contribution in [2.75, 3.05) is 6.54 Å². The maximum absolute atomic E-state index is 12.6. The van der Waals surface area contributed by atoms with Crippen molar-refractivity contribution >= 4 is 17.7 Å². The highest BCUT2D eigenvalue weighted by molar-refractivity contribution is 6.21. The zero-order valence-corrected chi connectivity index (χ0v) is 9.99. The number of hydrogen-bond donors (Lipinski definition) is 1. The van der Waals surface area contributed by atoms with Crippen LogP contribution in [0.15, 0.2) is 0 Å². The molecule has 3 nitrogen and oxygen atoms in total. The standard InChI is InChI=1S/C9H16ClF2NO2/c1-8(2,3)15-7(14)13-5-6(10)9(4,11)12/h6H,5H2,1-4H3,(H,13,14). The number of ether oxygens (including phenoxy) is 1. The number of rotatable bonds is 3. The molecular weight excluding hydrogens is 228 g/mol. The van der Waals surface area contributed by atoms with E-state index in [-0.39, 0.29) is 6.54 Å². The molecule has 6 heteroatoms. The lowest BCUT2D eigenvalue weighted by Gasteiger charge is -2.21. The van der Waals surface area contributed by atoms with Crippen LogP contribution in [0.3, 0.4) is 0 Å². The molecule has 90 valence electrons. The number of carbonyl (C=O) groups is 1. The Morgan fingerprint density at radius 2 is 1.87 bits per heavy atom. The van der Waals surface area contributed by atoms with Gasteiger partial charge in [-0.2, -0.15) is 0 Å². The summed E-state index contributed by atoms with van der Waals surface area (Å²) in [6.07, 6.45) is -0.752. The minimum atomic E-state index is -3.03. The van der Waals surface area contributed by atoms with Gasteiger partial charge in [-0.25, -0.2) is 13.6 Å². The quantitative estimate of drug-likeness (QED) is 0.774. The van der Waals surface area contributed by atoms with Crippen molar-refractivity contribution < 1.29 is 18.3 Å². The first-order valence-corrected chi connectivity index (χ1v) is 4.95. The monoisotopic (exact) mass is 243 g/mol. The van der Waals surface area contributed by atoms with Crippen molar-refractivity contribution in [2.45, 2.75) is 44.6 Å². The van der Waals surface area contributed by atoms with Gasteiger partial charge in [-0.15, -0.1) is 11.6 Å². The number of halogens is 3. The summed E-state index contributed by atoms with van der Waals surface area (Å²) in [6.45, 7) is 5.40. The second-order valence-corrected chi connectivity index (χ2v) is 4.83. The van der Waals surface area contributed by atoms with Gasteiger partial charge in [0.05, 0.1) is 0 Å². The van der Waals surface area contributed by atoms with E-state index in [0.29, 0.717) is 6.92 Å². The molecule has 1 amide bonds. The van der Waals surface area contributed by atoms with Crippen molar-refractivity contribution in [2.24, 2.45) is 0 Å². The van der Waals surface area contributed by atoms with Gasteiger partial charge in [-0.05, 0) is 20.8 Å².